The molecule has 0 saturated carbocycles. The van der Waals surface area contributed by atoms with Gasteiger partial charge < -0.3 is 5.32 Å². The van der Waals surface area contributed by atoms with E-state index in [9.17, 15) is 9.59 Å². The number of thiophene rings is 1. The van der Waals surface area contributed by atoms with Gasteiger partial charge in [-0.3, -0.25) is 9.59 Å². The Balaban J connectivity index is 1.96. The summed E-state index contributed by atoms with van der Waals surface area (Å²) in [5.41, 5.74) is 1.83. The first kappa shape index (κ1) is 13.7. The van der Waals surface area contributed by atoms with E-state index in [1.54, 1.807) is 29.5 Å². The number of carbonyl (C=O) groups is 2. The molecule has 0 radical (unpaired) electrons. The Labute approximate surface area is 136 Å². The van der Waals surface area contributed by atoms with Crippen LogP contribution in [0, 0.1) is 0 Å². The number of fused-ring (bicyclic) bond motifs is 2. The van der Waals surface area contributed by atoms with Crippen LogP contribution in [0.4, 0.5) is 5.69 Å². The quantitative estimate of drug-likeness (QED) is 0.862. The second-order valence-electron chi connectivity index (χ2n) is 5.63. The van der Waals surface area contributed by atoms with E-state index in [0.717, 1.165) is 16.8 Å². The Bertz CT molecular complexity index is 812. The zero-order valence-electron chi connectivity index (χ0n) is 11.5. The number of hydrogen-bond acceptors (Lipinski definition) is 3. The van der Waals surface area contributed by atoms with Gasteiger partial charge in [-0.05, 0) is 46.2 Å². The van der Waals surface area contributed by atoms with Gasteiger partial charge in [0.05, 0.1) is 0 Å². The molecule has 1 aliphatic heterocycles. The van der Waals surface area contributed by atoms with Crippen LogP contribution in [0.25, 0.3) is 0 Å². The standard InChI is InChI=1S/C17H12ClNO2S/c18-11-1-2-13-15(7-11)19-16(21)17(13)5-3-12(20)8-14(17)10-4-6-22-9-10/h1-7,9,14H,8H2,(H,19,21)/t14-,17+/m1/s1. The first-order valence-electron chi connectivity index (χ1n) is 6.97. The van der Waals surface area contributed by atoms with Gasteiger partial charge in [-0.15, -0.1) is 0 Å². The van der Waals surface area contributed by atoms with Gasteiger partial charge >= 0.3 is 0 Å². The average Bonchev–Trinajstić information content (AvgIpc) is 3.09. The number of halogens is 1. The van der Waals surface area contributed by atoms with Gasteiger partial charge in [0.25, 0.3) is 0 Å². The van der Waals surface area contributed by atoms with E-state index in [4.69, 9.17) is 11.6 Å². The zero-order valence-corrected chi connectivity index (χ0v) is 13.1. The molecule has 2 heterocycles. The molecule has 22 heavy (non-hydrogen) atoms. The van der Waals surface area contributed by atoms with Crippen LogP contribution in [0.5, 0.6) is 0 Å². The third-order valence-electron chi connectivity index (χ3n) is 4.48. The molecule has 4 rings (SSSR count). The average molecular weight is 330 g/mol. The van der Waals surface area contributed by atoms with Crippen LogP contribution in [-0.4, -0.2) is 11.7 Å². The van der Waals surface area contributed by atoms with Crippen LogP contribution < -0.4 is 5.32 Å². The Hall–Kier alpha value is -1.91. The van der Waals surface area contributed by atoms with Gasteiger partial charge in [0.2, 0.25) is 5.91 Å². The van der Waals surface area contributed by atoms with Crippen molar-refractivity contribution >= 4 is 40.3 Å². The number of anilines is 1. The summed E-state index contributed by atoms with van der Waals surface area (Å²) in [7, 11) is 0. The molecule has 1 spiro atoms. The van der Waals surface area contributed by atoms with Crippen molar-refractivity contribution in [3.63, 3.8) is 0 Å². The van der Waals surface area contributed by atoms with Gasteiger partial charge in [0.15, 0.2) is 5.78 Å². The van der Waals surface area contributed by atoms with E-state index in [1.807, 2.05) is 22.9 Å². The Morgan fingerprint density at radius 2 is 2.14 bits per heavy atom. The normalized spacial score (nSPS) is 26.3. The summed E-state index contributed by atoms with van der Waals surface area (Å²) >= 11 is 7.61. The maximum Gasteiger partial charge on any atom is 0.239 e. The number of amides is 1. The van der Waals surface area contributed by atoms with Crippen molar-refractivity contribution in [2.45, 2.75) is 17.8 Å². The van der Waals surface area contributed by atoms with Gasteiger partial charge in [-0.2, -0.15) is 11.3 Å². The predicted molar refractivity (Wildman–Crippen MR) is 87.6 cm³/mol. The highest BCUT2D eigenvalue weighted by Gasteiger charge is 2.53. The number of carbonyl (C=O) groups excluding carboxylic acids is 2. The zero-order chi connectivity index (χ0) is 15.3. The largest absolute Gasteiger partial charge is 0.325 e. The number of nitrogens with one attached hydrogen (secondary N) is 1. The molecule has 1 N–H and O–H groups in total. The van der Waals surface area contributed by atoms with Crippen LogP contribution in [0.1, 0.15) is 23.5 Å². The molecule has 1 aromatic carbocycles. The highest BCUT2D eigenvalue weighted by molar-refractivity contribution is 7.08. The van der Waals surface area contributed by atoms with Gasteiger partial charge in [0.1, 0.15) is 5.41 Å². The van der Waals surface area contributed by atoms with Crippen molar-refractivity contribution in [3.8, 4) is 0 Å². The number of allylic oxidation sites excluding steroid dienone is 1. The van der Waals surface area contributed by atoms with Crippen molar-refractivity contribution in [3.05, 3.63) is 63.3 Å². The number of hydrogen-bond donors (Lipinski definition) is 1. The SMILES string of the molecule is O=C1C=C[C@@]2(C(=O)Nc3cc(Cl)ccc32)[C@@H](c2ccsc2)C1. The topological polar surface area (TPSA) is 46.2 Å². The Morgan fingerprint density at radius 1 is 1.27 bits per heavy atom. The Kier molecular flexibility index (Phi) is 2.99. The number of benzene rings is 1. The van der Waals surface area contributed by atoms with E-state index >= 15 is 0 Å². The Morgan fingerprint density at radius 3 is 2.91 bits per heavy atom. The van der Waals surface area contributed by atoms with E-state index in [1.165, 1.54) is 6.08 Å². The molecule has 110 valence electrons. The maximum atomic E-state index is 12.8. The molecule has 0 unspecified atom stereocenters. The summed E-state index contributed by atoms with van der Waals surface area (Å²) in [5.74, 6) is -0.222. The lowest BCUT2D eigenvalue weighted by Crippen LogP contribution is -2.41. The summed E-state index contributed by atoms with van der Waals surface area (Å²) in [5, 5.41) is 7.49. The van der Waals surface area contributed by atoms with Crippen LogP contribution in [0.15, 0.2) is 47.2 Å². The molecule has 2 aromatic rings. The first-order valence-corrected chi connectivity index (χ1v) is 8.29. The molecule has 1 amide bonds. The third kappa shape index (κ3) is 1.81. The smallest absolute Gasteiger partial charge is 0.239 e. The second kappa shape index (κ2) is 4.80. The summed E-state index contributed by atoms with van der Waals surface area (Å²) in [4.78, 5) is 24.8. The van der Waals surface area contributed by atoms with E-state index in [2.05, 4.69) is 5.32 Å². The van der Waals surface area contributed by atoms with E-state index < -0.39 is 5.41 Å². The fourth-order valence-electron chi connectivity index (χ4n) is 3.46. The van der Waals surface area contributed by atoms with Gasteiger partial charge in [0, 0.05) is 23.0 Å². The van der Waals surface area contributed by atoms with Crippen LogP contribution >= 0.6 is 22.9 Å². The molecule has 0 fully saturated rings. The van der Waals surface area contributed by atoms with Crippen molar-refractivity contribution in [1.29, 1.82) is 0 Å². The minimum Gasteiger partial charge on any atom is -0.325 e. The molecule has 5 heteroatoms. The van der Waals surface area contributed by atoms with Gasteiger partial charge in [-0.25, -0.2) is 0 Å². The minimum atomic E-state index is -0.824. The van der Waals surface area contributed by atoms with Crippen molar-refractivity contribution in [2.24, 2.45) is 0 Å². The second-order valence-corrected chi connectivity index (χ2v) is 6.84. The minimum absolute atomic E-state index is 0.0528. The fraction of sp³-hybridized carbons (Fsp3) is 0.176. The third-order valence-corrected chi connectivity index (χ3v) is 5.42. The number of ketones is 1. The predicted octanol–water partition coefficient (Wildman–Crippen LogP) is 3.90. The summed E-state index contributed by atoms with van der Waals surface area (Å²) in [6, 6.07) is 7.43. The van der Waals surface area contributed by atoms with Crippen LogP contribution in [0.2, 0.25) is 5.02 Å². The van der Waals surface area contributed by atoms with E-state index in [0.29, 0.717) is 11.4 Å². The molecule has 0 saturated heterocycles. The lowest BCUT2D eigenvalue weighted by atomic mass is 9.64. The van der Waals surface area contributed by atoms with Crippen molar-refractivity contribution in [2.75, 3.05) is 5.32 Å². The summed E-state index contributed by atoms with van der Waals surface area (Å²) in [6.07, 6.45) is 3.63. The molecule has 1 aromatic heterocycles. The molecular formula is C17H12ClNO2S. The molecule has 2 atom stereocenters. The van der Waals surface area contributed by atoms with Crippen LogP contribution in [0.3, 0.4) is 0 Å². The number of rotatable bonds is 1. The fourth-order valence-corrected chi connectivity index (χ4v) is 4.35. The summed E-state index contributed by atoms with van der Waals surface area (Å²) in [6.45, 7) is 0. The molecule has 1 aliphatic carbocycles. The molecular weight excluding hydrogens is 318 g/mol. The molecule has 0 bridgehead atoms. The highest BCUT2D eigenvalue weighted by atomic mass is 35.5. The van der Waals surface area contributed by atoms with Crippen LogP contribution in [-0.2, 0) is 15.0 Å². The highest BCUT2D eigenvalue weighted by Crippen LogP contribution is 2.52. The van der Waals surface area contributed by atoms with Gasteiger partial charge in [-0.1, -0.05) is 23.7 Å². The molecule has 2 aliphatic rings. The lowest BCUT2D eigenvalue weighted by Gasteiger charge is -2.35. The molecule has 3 nitrogen and oxygen atoms in total. The lowest BCUT2D eigenvalue weighted by molar-refractivity contribution is -0.121. The first-order chi connectivity index (χ1) is 10.6. The van der Waals surface area contributed by atoms with Crippen molar-refractivity contribution < 1.29 is 9.59 Å². The monoisotopic (exact) mass is 329 g/mol. The van der Waals surface area contributed by atoms with E-state index in [-0.39, 0.29) is 17.6 Å². The maximum absolute atomic E-state index is 12.8. The summed E-state index contributed by atoms with van der Waals surface area (Å²) < 4.78 is 0. The van der Waals surface area contributed by atoms with Crippen molar-refractivity contribution in [1.82, 2.24) is 0 Å².